The molecular weight excluding hydrogens is 1060 g/mol. The van der Waals surface area contributed by atoms with E-state index in [0.717, 1.165) is 25.3 Å². The van der Waals surface area contributed by atoms with Crippen molar-refractivity contribution >= 4 is 65.6 Å². The highest BCUT2D eigenvalue weighted by Crippen LogP contribution is 2.45. The van der Waals surface area contributed by atoms with Gasteiger partial charge in [-0.1, -0.05) is 30.7 Å². The number of hydrogen-bond acceptors (Lipinski definition) is 14. The highest BCUT2D eigenvalue weighted by Gasteiger charge is 2.53. The quantitative estimate of drug-likeness (QED) is 0.0318. The van der Waals surface area contributed by atoms with Crippen LogP contribution in [0.3, 0.4) is 0 Å². The van der Waals surface area contributed by atoms with Crippen molar-refractivity contribution in [1.82, 2.24) is 20.1 Å². The number of hydrogen-bond donors (Lipinski definition) is 4. The number of benzene rings is 2. The molecule has 0 saturated heterocycles. The molecule has 1 saturated carbocycles. The normalized spacial score (nSPS) is 17.1. The molecule has 402 valence electrons. The lowest BCUT2D eigenvalue weighted by atomic mass is 9.93. The number of alkyl halides is 8. The van der Waals surface area contributed by atoms with Gasteiger partial charge in [0.15, 0.2) is 5.82 Å². The van der Waals surface area contributed by atoms with Gasteiger partial charge in [0.25, 0.3) is 5.92 Å². The number of rotatable bonds is 23. The number of nitrogens with one attached hydrogen (secondary N) is 1. The molecule has 3 atom stereocenters. The first kappa shape index (κ1) is 58.8. The zero-order valence-electron chi connectivity index (χ0n) is 38.7. The first-order valence-corrected chi connectivity index (χ1v) is 24.6. The van der Waals surface area contributed by atoms with Crippen LogP contribution in [-0.4, -0.2) is 130 Å². The van der Waals surface area contributed by atoms with Crippen LogP contribution in [-0.2, 0) is 52.2 Å². The maximum Gasteiger partial charge on any atom is 0.431 e. The van der Waals surface area contributed by atoms with Gasteiger partial charge >= 0.3 is 27.0 Å². The van der Waals surface area contributed by atoms with Crippen molar-refractivity contribution in [1.29, 1.82) is 0 Å². The predicted octanol–water partition coefficient (Wildman–Crippen LogP) is 7.71. The third-order valence-electron chi connectivity index (χ3n) is 10.5. The largest absolute Gasteiger partial charge is 0.446 e. The number of anilines is 1. The lowest BCUT2D eigenvalue weighted by Crippen LogP contribution is -2.35. The first-order chi connectivity index (χ1) is 34.2. The molecule has 30 heteroatoms. The van der Waals surface area contributed by atoms with Crippen molar-refractivity contribution < 1.29 is 91.0 Å². The highest BCUT2D eigenvalue weighted by atomic mass is 35.5. The van der Waals surface area contributed by atoms with E-state index in [4.69, 9.17) is 46.1 Å². The number of nitrogens with two attached hydrogens (primary N) is 1. The van der Waals surface area contributed by atoms with E-state index in [0.29, 0.717) is 15.1 Å². The number of fused-ring (bicyclic) bond motifs is 1. The average Bonchev–Trinajstić information content (AvgIpc) is 3.74. The summed E-state index contributed by atoms with van der Waals surface area (Å²) in [6.45, 7) is -0.884. The molecule has 1 aliphatic rings. The smallest absolute Gasteiger partial charge is 0.431 e. The number of aryl methyl sites for hydroxylation is 1. The molecule has 0 bridgehead atoms. The first-order valence-electron chi connectivity index (χ1n) is 21.5. The Kier molecular flexibility index (Phi) is 20.5. The maximum absolute atomic E-state index is 15.3. The van der Waals surface area contributed by atoms with Crippen LogP contribution >= 0.6 is 20.2 Å². The van der Waals surface area contributed by atoms with Crippen molar-refractivity contribution in [2.24, 2.45) is 16.6 Å². The Morgan fingerprint density at radius 2 is 1.56 bits per heavy atom. The Hall–Kier alpha value is -5.06. The molecule has 1 aliphatic carbocycles. The fraction of sp³-hybridized carbons (Fsp3) is 0.465. The van der Waals surface area contributed by atoms with Gasteiger partial charge in [0.05, 0.1) is 73.9 Å². The number of halogens is 11. The van der Waals surface area contributed by atoms with Crippen molar-refractivity contribution in [3.05, 3.63) is 87.3 Å². The third-order valence-corrected chi connectivity index (χ3v) is 12.1. The highest BCUT2D eigenvalue weighted by molar-refractivity contribution is 7.86. The van der Waals surface area contributed by atoms with Crippen molar-refractivity contribution in [3.8, 4) is 11.1 Å². The minimum absolute atomic E-state index is 0.0142. The van der Waals surface area contributed by atoms with Crippen LogP contribution in [0.5, 0.6) is 0 Å². The minimum atomic E-state index is -5.23. The van der Waals surface area contributed by atoms with E-state index < -0.39 is 134 Å². The van der Waals surface area contributed by atoms with Crippen molar-refractivity contribution in [3.63, 3.8) is 0 Å². The molecule has 5 N–H and O–H groups in total. The topological polar surface area (TPSA) is 222 Å². The van der Waals surface area contributed by atoms with E-state index in [1.54, 1.807) is 0 Å². The summed E-state index contributed by atoms with van der Waals surface area (Å²) in [6.07, 6.45) is -12.0. The van der Waals surface area contributed by atoms with E-state index in [1.165, 1.54) is 31.2 Å². The van der Waals surface area contributed by atoms with E-state index in [-0.39, 0.29) is 84.7 Å². The molecule has 1 fully saturated rings. The van der Waals surface area contributed by atoms with Crippen LogP contribution in [0.4, 0.5) is 54.5 Å². The van der Waals surface area contributed by atoms with Gasteiger partial charge in [-0.05, 0) is 49.6 Å². The second-order valence-corrected chi connectivity index (χ2v) is 18.3. The zero-order chi connectivity index (χ0) is 54.0. The summed E-state index contributed by atoms with van der Waals surface area (Å²) in [5.74, 6) is -9.67. The minimum Gasteiger partial charge on any atom is -0.446 e. The van der Waals surface area contributed by atoms with Crippen LogP contribution in [0.1, 0.15) is 36.3 Å². The van der Waals surface area contributed by atoms with Gasteiger partial charge in [-0.15, -0.1) is 0 Å². The second kappa shape index (κ2) is 25.5. The number of carbonyl (C=O) groups is 2. The zero-order valence-corrected chi connectivity index (χ0v) is 41.1. The molecule has 2 amide bonds. The van der Waals surface area contributed by atoms with E-state index in [1.807, 2.05) is 0 Å². The van der Waals surface area contributed by atoms with Gasteiger partial charge in [0.2, 0.25) is 5.91 Å². The molecule has 4 aromatic rings. The molecule has 2 aromatic heterocycles. The van der Waals surface area contributed by atoms with Crippen LogP contribution < -0.4 is 15.4 Å². The summed E-state index contributed by atoms with van der Waals surface area (Å²) in [4.78, 5) is 52.8. The summed E-state index contributed by atoms with van der Waals surface area (Å²) in [6, 6.07) is 5.93. The molecule has 2 heterocycles. The lowest BCUT2D eigenvalue weighted by molar-refractivity contribution is -0.141. The molecule has 2 aromatic carbocycles. The van der Waals surface area contributed by atoms with Crippen LogP contribution in [0.25, 0.3) is 22.0 Å². The number of nitrogens with zero attached hydrogens (tertiary/aromatic N) is 5. The summed E-state index contributed by atoms with van der Waals surface area (Å²) >= 11 is 6.65. The molecular formula is C43H47ClF10N7O10PS. The van der Waals surface area contributed by atoms with Crippen LogP contribution in [0, 0.1) is 24.5 Å². The predicted molar refractivity (Wildman–Crippen MR) is 246 cm³/mol. The third kappa shape index (κ3) is 16.0. The van der Waals surface area contributed by atoms with Gasteiger partial charge in [-0.2, -0.15) is 44.5 Å². The lowest BCUT2D eigenvalue weighted by Gasteiger charge is -2.23. The fourth-order valence-electron chi connectivity index (χ4n) is 7.40. The summed E-state index contributed by atoms with van der Waals surface area (Å²) in [5.41, 5.74) is 0.159. The van der Waals surface area contributed by atoms with Crippen molar-refractivity contribution in [2.75, 3.05) is 70.0 Å². The van der Waals surface area contributed by atoms with Gasteiger partial charge in [-0.25, -0.2) is 17.8 Å². The molecule has 73 heavy (non-hydrogen) atoms. The molecule has 5 rings (SSSR count). The van der Waals surface area contributed by atoms with Crippen molar-refractivity contribution in [2.45, 2.75) is 57.6 Å². The fourth-order valence-corrected chi connectivity index (χ4v) is 8.51. The Bertz CT molecular complexity index is 2680. The monoisotopic (exact) mass is 1110 g/mol. The summed E-state index contributed by atoms with van der Waals surface area (Å²) in [7, 11) is -4.89. The summed E-state index contributed by atoms with van der Waals surface area (Å²) < 4.78 is 184. The van der Waals surface area contributed by atoms with E-state index >= 15 is 8.78 Å². The average molecular weight is 1110 g/mol. The Labute approximate surface area is 418 Å². The Balaban J connectivity index is 1.50. The Morgan fingerprint density at radius 3 is 2.14 bits per heavy atom. The van der Waals surface area contributed by atoms with Gasteiger partial charge in [0, 0.05) is 40.6 Å². The number of ether oxygens (including phenoxy) is 4. The van der Waals surface area contributed by atoms with Crippen LogP contribution in [0.15, 0.2) is 58.7 Å². The maximum atomic E-state index is 15.3. The number of pyridine rings is 1. The number of allylic oxidation sites excluding steroid dienone is 2. The Morgan fingerprint density at radius 1 is 0.973 bits per heavy atom. The SMILES string of the molecule is Cc1ccc(-c2ccc(Cl)c3c(N(C(=O)OCCOCCOCCOCCOP(O)O)S(C)=O)nn(CC(F)(F)F)c23)c(C(Cc2cc(F)cc(F)c2)NC(=O)CN=C2/C(=C(\N)C(F)(F)F)C[C@@H](C)C2(F)F)n1. The number of carbonyl (C=O) groups excluding carboxylic acids is 2. The number of amides is 2. The standard InChI is InChI=1S/C43H47ClF10N7O10PS/c1-23-16-30(37(55)43(52,53)54)38(42(23,50)51)56-21-33(62)58-32(19-25-17-26(45)20-27(46)18-25)35-28(5-4-24(2)57-35)29-6-7-31(44)34-36(29)60(22-41(47,48)49)59-39(34)61(73(3)66)40(63)70-14-12-68-10-8-67-9-11-69-13-15-71-72(64)65/h4-7,17-18,20,23,32,64-65H,8-16,19,21-22,55H2,1-3H3,(H,58,62)/b37-30-,56-38?/t23-,32?,73?/m1/s1. The number of aliphatic imine (C=N–C) groups is 1. The molecule has 0 spiro atoms. The van der Waals surface area contributed by atoms with Gasteiger partial charge in [0.1, 0.15) is 53.7 Å². The second-order valence-electron chi connectivity index (χ2n) is 15.9. The molecule has 0 aliphatic heterocycles. The number of aromatic nitrogens is 3. The molecule has 2 unspecified atom stereocenters. The van der Waals surface area contributed by atoms with Crippen LogP contribution in [0.2, 0.25) is 5.02 Å². The van der Waals surface area contributed by atoms with Gasteiger partial charge < -0.3 is 44.3 Å². The van der Waals surface area contributed by atoms with E-state index in [2.05, 4.69) is 24.9 Å². The van der Waals surface area contributed by atoms with Gasteiger partial charge in [-0.3, -0.25) is 19.5 Å². The summed E-state index contributed by atoms with van der Waals surface area (Å²) in [5, 5.41) is 5.84. The van der Waals surface area contributed by atoms with E-state index in [9.17, 15) is 48.9 Å². The molecule has 0 radical (unpaired) electrons. The molecule has 17 nitrogen and oxygen atoms in total.